The molecule has 1 aromatic heterocycles. The summed E-state index contributed by atoms with van der Waals surface area (Å²) >= 11 is 0. The van der Waals surface area contributed by atoms with Gasteiger partial charge in [-0.1, -0.05) is 0 Å². The first-order valence-electron chi connectivity index (χ1n) is 9.85. The minimum atomic E-state index is -0.265. The van der Waals surface area contributed by atoms with Gasteiger partial charge in [0.15, 0.2) is 0 Å². The van der Waals surface area contributed by atoms with Gasteiger partial charge in [0.1, 0.15) is 5.69 Å². The van der Waals surface area contributed by atoms with Gasteiger partial charge in [-0.15, -0.1) is 0 Å². The van der Waals surface area contributed by atoms with Gasteiger partial charge in [0.25, 0.3) is 5.91 Å². The average Bonchev–Trinajstić information content (AvgIpc) is 3.32. The van der Waals surface area contributed by atoms with E-state index in [2.05, 4.69) is 10.6 Å². The largest absolute Gasteiger partial charge is 0.373 e. The van der Waals surface area contributed by atoms with Crippen LogP contribution in [0.2, 0.25) is 0 Å². The number of carbonyl (C=O) groups is 2. The van der Waals surface area contributed by atoms with Crippen molar-refractivity contribution in [1.29, 1.82) is 0 Å². The molecule has 2 heterocycles. The van der Waals surface area contributed by atoms with Gasteiger partial charge in [-0.05, 0) is 63.8 Å². The molecule has 1 aliphatic heterocycles. The van der Waals surface area contributed by atoms with Crippen molar-refractivity contribution in [2.24, 2.45) is 5.92 Å². The lowest BCUT2D eigenvalue weighted by atomic mass is 10.0. The molecule has 0 bridgehead atoms. The van der Waals surface area contributed by atoms with Crippen LogP contribution < -0.4 is 10.6 Å². The lowest BCUT2D eigenvalue weighted by molar-refractivity contribution is -0.117. The van der Waals surface area contributed by atoms with E-state index in [9.17, 15) is 9.59 Å². The summed E-state index contributed by atoms with van der Waals surface area (Å²) in [5.41, 5.74) is 2.15. The predicted octanol–water partition coefficient (Wildman–Crippen LogP) is 3.31. The van der Waals surface area contributed by atoms with Crippen LogP contribution in [0.4, 0.5) is 5.69 Å². The van der Waals surface area contributed by atoms with Crippen LogP contribution in [0.1, 0.15) is 50.0 Å². The molecule has 2 fully saturated rings. The molecule has 1 aliphatic carbocycles. The fourth-order valence-corrected chi connectivity index (χ4v) is 3.80. The first-order chi connectivity index (χ1) is 13.0. The normalized spacial score (nSPS) is 22.1. The Bertz CT molecular complexity index is 876. The Morgan fingerprint density at radius 1 is 1.30 bits per heavy atom. The van der Waals surface area contributed by atoms with E-state index < -0.39 is 0 Å². The third-order valence-corrected chi connectivity index (χ3v) is 5.59. The maximum atomic E-state index is 12.8. The number of anilines is 1. The van der Waals surface area contributed by atoms with Crippen LogP contribution in [0, 0.1) is 5.92 Å². The van der Waals surface area contributed by atoms with Crippen molar-refractivity contribution in [3.63, 3.8) is 0 Å². The molecule has 1 saturated heterocycles. The van der Waals surface area contributed by atoms with E-state index in [1.807, 2.05) is 42.7 Å². The van der Waals surface area contributed by atoms with Crippen molar-refractivity contribution in [1.82, 2.24) is 9.88 Å². The number of rotatable bonds is 6. The van der Waals surface area contributed by atoms with E-state index in [4.69, 9.17) is 4.74 Å². The molecule has 2 amide bonds. The number of nitrogens with one attached hydrogen (secondary N) is 2. The highest BCUT2D eigenvalue weighted by Crippen LogP contribution is 2.31. The van der Waals surface area contributed by atoms with Crippen LogP contribution in [0.15, 0.2) is 24.3 Å². The number of aromatic nitrogens is 1. The van der Waals surface area contributed by atoms with Crippen molar-refractivity contribution in [2.75, 3.05) is 18.5 Å². The molecule has 0 unspecified atom stereocenters. The molecule has 6 nitrogen and oxygen atoms in total. The molecular weight excluding hydrogens is 342 g/mol. The summed E-state index contributed by atoms with van der Waals surface area (Å²) < 4.78 is 7.77. The maximum Gasteiger partial charge on any atom is 0.268 e. The molecule has 6 heteroatoms. The van der Waals surface area contributed by atoms with Gasteiger partial charge < -0.3 is 19.9 Å². The van der Waals surface area contributed by atoms with Crippen LogP contribution in [0.3, 0.4) is 0 Å². The third kappa shape index (κ3) is 3.72. The Hall–Kier alpha value is -2.34. The molecule has 144 valence electrons. The predicted molar refractivity (Wildman–Crippen MR) is 105 cm³/mol. The van der Waals surface area contributed by atoms with Crippen LogP contribution in [0.5, 0.6) is 0 Å². The van der Waals surface area contributed by atoms with Crippen LogP contribution in [0.25, 0.3) is 10.9 Å². The Morgan fingerprint density at radius 2 is 2.11 bits per heavy atom. The standard InChI is InChI=1S/C21H27N3O3/c1-3-24-17-8-7-16(23-19(25)14-5-6-14)11-15(17)12-18(24)20(26)22-13-21(2)9-4-10-27-21/h7-8,11-12,14H,3-6,9-10,13H2,1-2H3,(H,22,26)(H,23,25)/t21-/m0/s1. The topological polar surface area (TPSA) is 72.4 Å². The average molecular weight is 369 g/mol. The maximum absolute atomic E-state index is 12.8. The summed E-state index contributed by atoms with van der Waals surface area (Å²) in [6, 6.07) is 7.72. The smallest absolute Gasteiger partial charge is 0.268 e. The van der Waals surface area contributed by atoms with Gasteiger partial charge in [-0.25, -0.2) is 0 Å². The van der Waals surface area contributed by atoms with Crippen molar-refractivity contribution in [3.05, 3.63) is 30.0 Å². The van der Waals surface area contributed by atoms with E-state index in [1.165, 1.54) is 0 Å². The van der Waals surface area contributed by atoms with Crippen LogP contribution in [-0.4, -0.2) is 35.1 Å². The minimum Gasteiger partial charge on any atom is -0.373 e. The second kappa shape index (κ2) is 7.00. The molecular formula is C21H27N3O3. The molecule has 2 N–H and O–H groups in total. The molecule has 1 aromatic carbocycles. The molecule has 0 radical (unpaired) electrons. The zero-order chi connectivity index (χ0) is 19.0. The quantitative estimate of drug-likeness (QED) is 0.820. The van der Waals surface area contributed by atoms with Crippen molar-refractivity contribution in [2.45, 2.75) is 51.7 Å². The van der Waals surface area contributed by atoms with E-state index in [-0.39, 0.29) is 23.3 Å². The number of fused-ring (bicyclic) bond motifs is 1. The lowest BCUT2D eigenvalue weighted by Crippen LogP contribution is -2.40. The van der Waals surface area contributed by atoms with Gasteiger partial charge in [-0.2, -0.15) is 0 Å². The van der Waals surface area contributed by atoms with Gasteiger partial charge in [0.05, 0.1) is 5.60 Å². The number of hydrogen-bond acceptors (Lipinski definition) is 3. The summed E-state index contributed by atoms with van der Waals surface area (Å²) in [6.07, 6.45) is 3.96. The van der Waals surface area contributed by atoms with E-state index in [0.29, 0.717) is 18.8 Å². The second-order valence-electron chi connectivity index (χ2n) is 7.90. The van der Waals surface area contributed by atoms with Gasteiger partial charge >= 0.3 is 0 Å². The molecule has 4 rings (SSSR count). The monoisotopic (exact) mass is 369 g/mol. The third-order valence-electron chi connectivity index (χ3n) is 5.59. The fraction of sp³-hybridized carbons (Fsp3) is 0.524. The highest BCUT2D eigenvalue weighted by molar-refractivity contribution is 6.01. The Labute approximate surface area is 159 Å². The van der Waals surface area contributed by atoms with Crippen molar-refractivity contribution >= 4 is 28.4 Å². The first kappa shape index (κ1) is 18.0. The molecule has 27 heavy (non-hydrogen) atoms. The van der Waals surface area contributed by atoms with Crippen molar-refractivity contribution < 1.29 is 14.3 Å². The van der Waals surface area contributed by atoms with Gasteiger partial charge in [-0.3, -0.25) is 9.59 Å². The van der Waals surface area contributed by atoms with Gasteiger partial charge in [0, 0.05) is 42.2 Å². The molecule has 2 aliphatic rings. The molecule has 0 spiro atoms. The van der Waals surface area contributed by atoms with E-state index in [1.54, 1.807) is 0 Å². The number of benzene rings is 1. The second-order valence-corrected chi connectivity index (χ2v) is 7.90. The number of amides is 2. The zero-order valence-electron chi connectivity index (χ0n) is 16.0. The van der Waals surface area contributed by atoms with E-state index in [0.717, 1.165) is 48.9 Å². The summed E-state index contributed by atoms with van der Waals surface area (Å²) in [6.45, 7) is 6.05. The Kier molecular flexibility index (Phi) is 4.68. The number of aryl methyl sites for hydroxylation is 1. The van der Waals surface area contributed by atoms with Crippen molar-refractivity contribution in [3.8, 4) is 0 Å². The Morgan fingerprint density at radius 3 is 2.78 bits per heavy atom. The zero-order valence-corrected chi connectivity index (χ0v) is 16.0. The highest BCUT2D eigenvalue weighted by atomic mass is 16.5. The number of hydrogen-bond donors (Lipinski definition) is 2. The summed E-state index contributed by atoms with van der Waals surface area (Å²) in [5, 5.41) is 6.96. The number of ether oxygens (including phenoxy) is 1. The minimum absolute atomic E-state index is 0.0895. The highest BCUT2D eigenvalue weighted by Gasteiger charge is 2.31. The van der Waals surface area contributed by atoms with E-state index >= 15 is 0 Å². The number of carbonyl (C=O) groups excluding carboxylic acids is 2. The molecule has 2 aromatic rings. The van der Waals surface area contributed by atoms with Crippen LogP contribution >= 0.6 is 0 Å². The summed E-state index contributed by atoms with van der Waals surface area (Å²) in [7, 11) is 0. The Balaban J connectivity index is 1.54. The molecule has 1 atom stereocenters. The number of nitrogens with zero attached hydrogens (tertiary/aromatic N) is 1. The summed E-state index contributed by atoms with van der Waals surface area (Å²) in [5.74, 6) is 0.168. The molecule has 1 saturated carbocycles. The van der Waals surface area contributed by atoms with Crippen LogP contribution in [-0.2, 0) is 16.1 Å². The lowest BCUT2D eigenvalue weighted by Gasteiger charge is -2.23. The first-order valence-corrected chi connectivity index (χ1v) is 9.85. The fourth-order valence-electron chi connectivity index (χ4n) is 3.80. The van der Waals surface area contributed by atoms with Gasteiger partial charge in [0.2, 0.25) is 5.91 Å². The SMILES string of the molecule is CCn1c(C(=O)NC[C@]2(C)CCCO2)cc2cc(NC(=O)C3CC3)ccc21. The summed E-state index contributed by atoms with van der Waals surface area (Å²) in [4.78, 5) is 24.8.